The third-order valence-corrected chi connectivity index (χ3v) is 3.08. The zero-order valence-electron chi connectivity index (χ0n) is 9.31. The van der Waals surface area contributed by atoms with Gasteiger partial charge in [0, 0.05) is 0 Å². The predicted molar refractivity (Wildman–Crippen MR) is 56.1 cm³/mol. The molecule has 18 heavy (non-hydrogen) atoms. The van der Waals surface area contributed by atoms with Crippen LogP contribution in [-0.2, 0) is 12.0 Å². The van der Waals surface area contributed by atoms with Crippen molar-refractivity contribution in [1.82, 2.24) is 5.32 Å². The van der Waals surface area contributed by atoms with Gasteiger partial charge in [0.05, 0.1) is 12.6 Å². The number of halogens is 4. The first-order chi connectivity index (χ1) is 8.36. The van der Waals surface area contributed by atoms with E-state index in [-0.39, 0.29) is 6.42 Å². The van der Waals surface area contributed by atoms with Crippen molar-refractivity contribution in [3.63, 3.8) is 0 Å². The Bertz CT molecular complexity index is 504. The van der Waals surface area contributed by atoms with Crippen LogP contribution in [0.1, 0.15) is 17.5 Å². The lowest BCUT2D eigenvalue weighted by Crippen LogP contribution is -2.44. The molecule has 0 spiro atoms. The monoisotopic (exact) mass is 258 g/mol. The van der Waals surface area contributed by atoms with Crippen LogP contribution in [0, 0.1) is 17.1 Å². The molecular formula is C12H10F4N2. The second kappa shape index (κ2) is 4.25. The molecule has 1 aromatic carbocycles. The first kappa shape index (κ1) is 12.8. The topological polar surface area (TPSA) is 35.8 Å². The SMILES string of the molecule is N#CC1(NCC(F)(F)F)CCc2cc(F)ccc21. The highest BCUT2D eigenvalue weighted by Crippen LogP contribution is 2.37. The van der Waals surface area contributed by atoms with Gasteiger partial charge in [-0.1, -0.05) is 6.07 Å². The summed E-state index contributed by atoms with van der Waals surface area (Å²) in [5.41, 5.74) is -0.333. The third kappa shape index (κ3) is 2.31. The summed E-state index contributed by atoms with van der Waals surface area (Å²) < 4.78 is 49.7. The number of hydrogen-bond acceptors (Lipinski definition) is 2. The molecule has 96 valence electrons. The van der Waals surface area contributed by atoms with Gasteiger partial charge in [-0.3, -0.25) is 5.32 Å². The van der Waals surface area contributed by atoms with Crippen LogP contribution in [0.3, 0.4) is 0 Å². The number of nitrogens with one attached hydrogen (secondary N) is 1. The maximum absolute atomic E-state index is 13.0. The van der Waals surface area contributed by atoms with Crippen LogP contribution in [-0.4, -0.2) is 12.7 Å². The summed E-state index contributed by atoms with van der Waals surface area (Å²) in [6.07, 6.45) is -3.77. The maximum atomic E-state index is 13.0. The van der Waals surface area contributed by atoms with Crippen molar-refractivity contribution in [1.29, 1.82) is 5.26 Å². The predicted octanol–water partition coefficient (Wildman–Crippen LogP) is 2.64. The normalized spacial score (nSPS) is 22.6. The van der Waals surface area contributed by atoms with Crippen LogP contribution in [0.4, 0.5) is 17.6 Å². The second-order valence-electron chi connectivity index (χ2n) is 4.29. The highest BCUT2D eigenvalue weighted by Gasteiger charge is 2.41. The van der Waals surface area contributed by atoms with E-state index in [1.165, 1.54) is 12.1 Å². The number of rotatable bonds is 2. The summed E-state index contributed by atoms with van der Waals surface area (Å²) in [6.45, 7) is -1.24. The Morgan fingerprint density at radius 1 is 1.39 bits per heavy atom. The zero-order chi connectivity index (χ0) is 13.4. The van der Waals surface area contributed by atoms with Crippen LogP contribution in [0.2, 0.25) is 0 Å². The van der Waals surface area contributed by atoms with E-state index in [9.17, 15) is 17.6 Å². The molecule has 1 aromatic rings. The van der Waals surface area contributed by atoms with E-state index in [1.54, 1.807) is 0 Å². The molecule has 1 atom stereocenters. The van der Waals surface area contributed by atoms with E-state index in [0.29, 0.717) is 17.5 Å². The molecule has 1 aliphatic carbocycles. The molecule has 0 radical (unpaired) electrons. The summed E-state index contributed by atoms with van der Waals surface area (Å²) in [7, 11) is 0. The number of nitriles is 1. The van der Waals surface area contributed by atoms with Gasteiger partial charge >= 0.3 is 6.18 Å². The molecule has 0 fully saturated rings. The van der Waals surface area contributed by atoms with Gasteiger partial charge in [-0.05, 0) is 36.1 Å². The smallest absolute Gasteiger partial charge is 0.287 e. The second-order valence-corrected chi connectivity index (χ2v) is 4.29. The van der Waals surface area contributed by atoms with Crippen molar-refractivity contribution >= 4 is 0 Å². The van der Waals surface area contributed by atoms with Crippen molar-refractivity contribution < 1.29 is 17.6 Å². The molecule has 0 saturated heterocycles. The molecule has 2 nitrogen and oxygen atoms in total. The standard InChI is InChI=1S/C12H10F4N2/c13-9-1-2-10-8(5-9)3-4-11(10,6-17)18-7-12(14,15)16/h1-2,5,18H,3-4,7H2. The first-order valence-electron chi connectivity index (χ1n) is 5.38. The van der Waals surface area contributed by atoms with E-state index in [0.717, 1.165) is 6.07 Å². The van der Waals surface area contributed by atoms with Crippen LogP contribution < -0.4 is 5.32 Å². The van der Waals surface area contributed by atoms with E-state index in [4.69, 9.17) is 5.26 Å². The van der Waals surface area contributed by atoms with Crippen LogP contribution >= 0.6 is 0 Å². The van der Waals surface area contributed by atoms with Gasteiger partial charge in [0.2, 0.25) is 0 Å². The van der Waals surface area contributed by atoms with Crippen molar-refractivity contribution in [3.05, 3.63) is 35.1 Å². The van der Waals surface area contributed by atoms with Gasteiger partial charge in [0.25, 0.3) is 0 Å². The number of benzene rings is 1. The molecule has 1 aliphatic rings. The Kier molecular flexibility index (Phi) is 3.03. The quantitative estimate of drug-likeness (QED) is 0.828. The minimum Gasteiger partial charge on any atom is -0.287 e. The molecule has 2 rings (SSSR count). The molecule has 6 heteroatoms. The third-order valence-electron chi connectivity index (χ3n) is 3.08. The van der Waals surface area contributed by atoms with E-state index < -0.39 is 24.1 Å². The first-order valence-corrected chi connectivity index (χ1v) is 5.38. The minimum atomic E-state index is -4.38. The fourth-order valence-electron chi connectivity index (χ4n) is 2.23. The molecule has 0 aliphatic heterocycles. The van der Waals surface area contributed by atoms with Gasteiger partial charge < -0.3 is 0 Å². The van der Waals surface area contributed by atoms with Crippen molar-refractivity contribution in [2.45, 2.75) is 24.6 Å². The Labute approximate surface area is 101 Å². The number of nitrogens with zero attached hydrogens (tertiary/aromatic N) is 1. The fourth-order valence-corrected chi connectivity index (χ4v) is 2.23. The number of aryl methyl sites for hydroxylation is 1. The average molecular weight is 258 g/mol. The fraction of sp³-hybridized carbons (Fsp3) is 0.417. The molecule has 0 aromatic heterocycles. The van der Waals surface area contributed by atoms with E-state index >= 15 is 0 Å². The molecule has 0 amide bonds. The number of alkyl halides is 3. The number of hydrogen-bond donors (Lipinski definition) is 1. The Morgan fingerprint density at radius 2 is 2.11 bits per heavy atom. The molecule has 0 bridgehead atoms. The lowest BCUT2D eigenvalue weighted by Gasteiger charge is -2.24. The molecule has 0 heterocycles. The van der Waals surface area contributed by atoms with Gasteiger partial charge in [-0.25, -0.2) is 4.39 Å². The van der Waals surface area contributed by atoms with Crippen LogP contribution in [0.15, 0.2) is 18.2 Å². The van der Waals surface area contributed by atoms with Crippen LogP contribution in [0.5, 0.6) is 0 Å². The summed E-state index contributed by atoms with van der Waals surface area (Å²) in [4.78, 5) is 0. The van der Waals surface area contributed by atoms with Crippen LogP contribution in [0.25, 0.3) is 0 Å². The maximum Gasteiger partial charge on any atom is 0.401 e. The minimum absolute atomic E-state index is 0.221. The summed E-state index contributed by atoms with van der Waals surface area (Å²) in [6, 6.07) is 5.70. The largest absolute Gasteiger partial charge is 0.401 e. The van der Waals surface area contributed by atoms with Crippen molar-refractivity contribution in [2.24, 2.45) is 0 Å². The molecular weight excluding hydrogens is 248 g/mol. The lowest BCUT2D eigenvalue weighted by atomic mass is 9.93. The van der Waals surface area contributed by atoms with Gasteiger partial charge in [-0.2, -0.15) is 18.4 Å². The van der Waals surface area contributed by atoms with Gasteiger partial charge in [0.1, 0.15) is 11.4 Å². The molecule has 0 saturated carbocycles. The average Bonchev–Trinajstić information content (AvgIpc) is 2.64. The highest BCUT2D eigenvalue weighted by molar-refractivity contribution is 5.43. The highest BCUT2D eigenvalue weighted by atomic mass is 19.4. The van der Waals surface area contributed by atoms with Gasteiger partial charge in [-0.15, -0.1) is 0 Å². The van der Waals surface area contributed by atoms with E-state index in [2.05, 4.69) is 5.32 Å². The summed E-state index contributed by atoms with van der Waals surface area (Å²) in [5.74, 6) is -0.446. The van der Waals surface area contributed by atoms with Gasteiger partial charge in [0.15, 0.2) is 0 Å². The summed E-state index contributed by atoms with van der Waals surface area (Å²) >= 11 is 0. The zero-order valence-corrected chi connectivity index (χ0v) is 9.31. The summed E-state index contributed by atoms with van der Waals surface area (Å²) in [5, 5.41) is 11.4. The number of fused-ring (bicyclic) bond motifs is 1. The molecule has 1 N–H and O–H groups in total. The Balaban J connectivity index is 2.30. The van der Waals surface area contributed by atoms with Crippen molar-refractivity contribution in [2.75, 3.05) is 6.54 Å². The molecule has 1 unspecified atom stereocenters. The Hall–Kier alpha value is -1.61. The lowest BCUT2D eigenvalue weighted by molar-refractivity contribution is -0.127. The van der Waals surface area contributed by atoms with E-state index in [1.807, 2.05) is 6.07 Å². The Morgan fingerprint density at radius 3 is 2.72 bits per heavy atom. The van der Waals surface area contributed by atoms with Crippen molar-refractivity contribution in [3.8, 4) is 6.07 Å².